The van der Waals surface area contributed by atoms with Crippen LogP contribution in [-0.2, 0) is 21.5 Å². The second-order valence-electron chi connectivity index (χ2n) is 10.7. The number of piperazine rings is 1. The van der Waals surface area contributed by atoms with Gasteiger partial charge in [0.25, 0.3) is 5.91 Å². The zero-order valence-electron chi connectivity index (χ0n) is 21.4. The summed E-state index contributed by atoms with van der Waals surface area (Å²) in [6.45, 7) is 11.2. The Kier molecular flexibility index (Phi) is 6.79. The van der Waals surface area contributed by atoms with E-state index in [0.717, 1.165) is 61.2 Å². The van der Waals surface area contributed by atoms with Crippen molar-refractivity contribution in [2.75, 3.05) is 51.0 Å². The maximum atomic E-state index is 12.9. The van der Waals surface area contributed by atoms with E-state index in [4.69, 9.17) is 14.2 Å². The Balaban J connectivity index is 1.11. The molecule has 0 aromatic heterocycles. The Labute approximate surface area is 212 Å². The Bertz CT molecular complexity index is 1130. The number of carbonyl (C=O) groups is 2. The largest absolute Gasteiger partial charge is 0.482 e. The molecule has 192 valence electrons. The van der Waals surface area contributed by atoms with Crippen molar-refractivity contribution < 1.29 is 23.8 Å². The van der Waals surface area contributed by atoms with E-state index < -0.39 is 0 Å². The first-order valence-corrected chi connectivity index (χ1v) is 12.7. The van der Waals surface area contributed by atoms with Crippen LogP contribution < -0.4 is 19.1 Å². The van der Waals surface area contributed by atoms with Crippen LogP contribution in [0.2, 0.25) is 0 Å². The molecule has 1 fully saturated rings. The molecular formula is C28H35N3O5. The number of anilines is 1. The number of benzene rings is 2. The van der Waals surface area contributed by atoms with Crippen LogP contribution in [0, 0.1) is 0 Å². The third kappa shape index (κ3) is 5.28. The topological polar surface area (TPSA) is 71.6 Å². The molecule has 36 heavy (non-hydrogen) atoms. The van der Waals surface area contributed by atoms with Crippen LogP contribution in [0.5, 0.6) is 17.2 Å². The molecule has 0 saturated carbocycles. The van der Waals surface area contributed by atoms with Crippen molar-refractivity contribution in [2.45, 2.75) is 45.6 Å². The zero-order chi connectivity index (χ0) is 25.3. The summed E-state index contributed by atoms with van der Waals surface area (Å²) in [6, 6.07) is 12.1. The summed E-state index contributed by atoms with van der Waals surface area (Å²) in [7, 11) is 0. The Hall–Kier alpha value is -3.26. The van der Waals surface area contributed by atoms with Gasteiger partial charge in [-0.25, -0.2) is 0 Å². The number of rotatable bonds is 6. The van der Waals surface area contributed by atoms with Crippen LogP contribution in [0.15, 0.2) is 36.4 Å². The summed E-state index contributed by atoms with van der Waals surface area (Å²) in [6.07, 6.45) is 1.06. The minimum Gasteiger partial charge on any atom is -0.482 e. The van der Waals surface area contributed by atoms with Gasteiger partial charge in [0.1, 0.15) is 5.75 Å². The number of nitrogens with zero attached hydrogens (tertiary/aromatic N) is 3. The first kappa shape index (κ1) is 24.4. The Morgan fingerprint density at radius 2 is 1.67 bits per heavy atom. The molecule has 3 heterocycles. The number of fused-ring (bicyclic) bond motifs is 2. The minimum absolute atomic E-state index is 0.0258. The molecule has 0 spiro atoms. The van der Waals surface area contributed by atoms with E-state index in [1.807, 2.05) is 29.2 Å². The van der Waals surface area contributed by atoms with Gasteiger partial charge in [-0.2, -0.15) is 0 Å². The molecule has 3 aliphatic rings. The smallest absolute Gasteiger partial charge is 0.265 e. The van der Waals surface area contributed by atoms with Gasteiger partial charge in [-0.1, -0.05) is 32.9 Å². The molecule has 5 rings (SSSR count). The lowest BCUT2D eigenvalue weighted by Gasteiger charge is -2.35. The van der Waals surface area contributed by atoms with Crippen molar-refractivity contribution in [1.82, 2.24) is 9.80 Å². The highest BCUT2D eigenvalue weighted by atomic mass is 16.7. The summed E-state index contributed by atoms with van der Waals surface area (Å²) in [5.41, 5.74) is 3.12. The number of hydrogen-bond acceptors (Lipinski definition) is 6. The summed E-state index contributed by atoms with van der Waals surface area (Å²) in [4.78, 5) is 31.6. The van der Waals surface area contributed by atoms with Crippen LogP contribution in [0.4, 0.5) is 5.69 Å². The second-order valence-corrected chi connectivity index (χ2v) is 10.7. The Morgan fingerprint density at radius 3 is 2.44 bits per heavy atom. The third-order valence-electron chi connectivity index (χ3n) is 7.11. The van der Waals surface area contributed by atoms with Crippen LogP contribution >= 0.6 is 0 Å². The molecule has 0 unspecified atom stereocenters. The fraction of sp³-hybridized carbons (Fsp3) is 0.500. The first-order valence-electron chi connectivity index (χ1n) is 12.7. The fourth-order valence-electron chi connectivity index (χ4n) is 4.91. The van der Waals surface area contributed by atoms with Gasteiger partial charge in [0.2, 0.25) is 12.7 Å². The number of ether oxygens (including phenoxy) is 3. The van der Waals surface area contributed by atoms with Gasteiger partial charge in [0.15, 0.2) is 18.1 Å². The number of carbonyl (C=O) groups excluding carboxylic acids is 2. The lowest BCUT2D eigenvalue weighted by atomic mass is 9.86. The highest BCUT2D eigenvalue weighted by Crippen LogP contribution is 2.36. The first-order chi connectivity index (χ1) is 17.3. The van der Waals surface area contributed by atoms with Gasteiger partial charge in [0.05, 0.1) is 5.69 Å². The van der Waals surface area contributed by atoms with E-state index >= 15 is 0 Å². The van der Waals surface area contributed by atoms with E-state index in [1.165, 1.54) is 5.56 Å². The van der Waals surface area contributed by atoms with Crippen molar-refractivity contribution in [3.63, 3.8) is 0 Å². The summed E-state index contributed by atoms with van der Waals surface area (Å²) in [5.74, 6) is 2.43. The van der Waals surface area contributed by atoms with Gasteiger partial charge >= 0.3 is 0 Å². The lowest BCUT2D eigenvalue weighted by molar-refractivity contribution is -0.133. The van der Waals surface area contributed by atoms with Crippen LogP contribution in [-0.4, -0.2) is 67.7 Å². The molecular weight excluding hydrogens is 458 g/mol. The predicted octanol–water partition coefficient (Wildman–Crippen LogP) is 3.56. The number of amides is 2. The standard InChI is InChI=1S/C28H35N3O5/c1-28(2,3)21-7-9-23-22(16-21)31(27(33)18-34-23)10-4-5-26(32)30-13-11-29(12-14-30)17-20-6-8-24-25(15-20)36-19-35-24/h6-9,15-16H,4-5,10-14,17-19H2,1-3H3. The average Bonchev–Trinajstić information content (AvgIpc) is 3.33. The quantitative estimate of drug-likeness (QED) is 0.613. The monoisotopic (exact) mass is 493 g/mol. The molecule has 2 amide bonds. The normalized spacial score (nSPS) is 17.7. The van der Waals surface area contributed by atoms with E-state index in [-0.39, 0.29) is 30.6 Å². The fourth-order valence-corrected chi connectivity index (χ4v) is 4.91. The van der Waals surface area contributed by atoms with Gasteiger partial charge in [-0.15, -0.1) is 0 Å². The van der Waals surface area contributed by atoms with Gasteiger partial charge in [-0.05, 0) is 47.2 Å². The molecule has 3 aliphatic heterocycles. The second kappa shape index (κ2) is 10.0. The molecule has 0 radical (unpaired) electrons. The van der Waals surface area contributed by atoms with Crippen molar-refractivity contribution in [1.29, 1.82) is 0 Å². The predicted molar refractivity (Wildman–Crippen MR) is 137 cm³/mol. The lowest BCUT2D eigenvalue weighted by Crippen LogP contribution is -2.48. The van der Waals surface area contributed by atoms with Gasteiger partial charge < -0.3 is 24.0 Å². The molecule has 1 saturated heterocycles. The maximum absolute atomic E-state index is 12.9. The SMILES string of the molecule is CC(C)(C)c1ccc2c(c1)N(CCCC(=O)N1CCN(Cc3ccc4c(c3)OCO4)CC1)C(=O)CO2. The van der Waals surface area contributed by atoms with Crippen LogP contribution in [0.3, 0.4) is 0 Å². The summed E-state index contributed by atoms with van der Waals surface area (Å²) >= 11 is 0. The molecule has 0 atom stereocenters. The van der Waals surface area contributed by atoms with E-state index in [1.54, 1.807) is 4.90 Å². The van der Waals surface area contributed by atoms with E-state index in [9.17, 15) is 9.59 Å². The van der Waals surface area contributed by atoms with Gasteiger partial charge in [-0.3, -0.25) is 14.5 Å². The molecule has 0 bridgehead atoms. The van der Waals surface area contributed by atoms with Gasteiger partial charge in [0, 0.05) is 45.7 Å². The van der Waals surface area contributed by atoms with Crippen LogP contribution in [0.25, 0.3) is 0 Å². The van der Waals surface area contributed by atoms with Crippen LogP contribution in [0.1, 0.15) is 44.7 Å². The van der Waals surface area contributed by atoms with Crippen molar-refractivity contribution in [3.05, 3.63) is 47.5 Å². The highest BCUT2D eigenvalue weighted by Gasteiger charge is 2.28. The van der Waals surface area contributed by atoms with Crippen molar-refractivity contribution in [2.24, 2.45) is 0 Å². The third-order valence-corrected chi connectivity index (χ3v) is 7.11. The zero-order valence-corrected chi connectivity index (χ0v) is 21.4. The van der Waals surface area contributed by atoms with Crippen molar-refractivity contribution in [3.8, 4) is 17.2 Å². The maximum Gasteiger partial charge on any atom is 0.265 e. The molecule has 0 N–H and O–H groups in total. The molecule has 8 heteroatoms. The Morgan fingerprint density at radius 1 is 0.917 bits per heavy atom. The molecule has 2 aromatic carbocycles. The average molecular weight is 494 g/mol. The molecule has 8 nitrogen and oxygen atoms in total. The molecule has 2 aromatic rings. The van der Waals surface area contributed by atoms with Crippen molar-refractivity contribution >= 4 is 17.5 Å². The highest BCUT2D eigenvalue weighted by molar-refractivity contribution is 5.98. The number of hydrogen-bond donors (Lipinski definition) is 0. The minimum atomic E-state index is -0.0573. The van der Waals surface area contributed by atoms with E-state index in [0.29, 0.717) is 19.4 Å². The summed E-state index contributed by atoms with van der Waals surface area (Å²) < 4.78 is 16.5. The molecule has 0 aliphatic carbocycles. The summed E-state index contributed by atoms with van der Waals surface area (Å²) in [5, 5.41) is 0. The van der Waals surface area contributed by atoms with E-state index in [2.05, 4.69) is 37.8 Å².